The lowest BCUT2D eigenvalue weighted by Crippen LogP contribution is -2.39. The quantitative estimate of drug-likeness (QED) is 0.835. The molecule has 1 N–H and O–H groups in total. The number of nitrogens with zero attached hydrogens (tertiary/aromatic N) is 2. The zero-order chi connectivity index (χ0) is 17.1. The van der Waals surface area contributed by atoms with Crippen LogP contribution in [0, 0.1) is 5.92 Å². The molecule has 2 aliphatic rings. The number of likely N-dealkylation sites (tertiary alicyclic amines) is 1. The highest BCUT2D eigenvalue weighted by Crippen LogP contribution is 2.32. The van der Waals surface area contributed by atoms with Gasteiger partial charge in [-0.05, 0) is 36.8 Å². The van der Waals surface area contributed by atoms with Crippen molar-refractivity contribution in [2.45, 2.75) is 39.0 Å². The normalized spacial score (nSPS) is 20.3. The fourth-order valence-corrected chi connectivity index (χ4v) is 4.29. The molecule has 1 aromatic heterocycles. The van der Waals surface area contributed by atoms with Gasteiger partial charge in [-0.3, -0.25) is 4.79 Å². The van der Waals surface area contributed by atoms with Crippen LogP contribution in [0.5, 0.6) is 0 Å². The smallest absolute Gasteiger partial charge is 0.409 e. The van der Waals surface area contributed by atoms with Crippen LogP contribution in [0.3, 0.4) is 0 Å². The Balaban J connectivity index is 1.55. The van der Waals surface area contributed by atoms with Crippen molar-refractivity contribution in [3.05, 3.63) is 21.4 Å². The van der Waals surface area contributed by atoms with E-state index in [0.29, 0.717) is 31.8 Å². The first-order valence-corrected chi connectivity index (χ1v) is 9.18. The monoisotopic (exact) mass is 349 g/mol. The molecule has 1 fully saturated rings. The highest BCUT2D eigenvalue weighted by Gasteiger charge is 2.22. The average Bonchev–Trinajstić information content (AvgIpc) is 3.02. The minimum Gasteiger partial charge on any atom is -0.453 e. The molecule has 0 radical (unpaired) electrons. The van der Waals surface area contributed by atoms with E-state index < -0.39 is 0 Å². The first-order valence-electron chi connectivity index (χ1n) is 8.37. The Kier molecular flexibility index (Phi) is 5.18. The van der Waals surface area contributed by atoms with Gasteiger partial charge in [0, 0.05) is 36.5 Å². The van der Waals surface area contributed by atoms with E-state index in [9.17, 15) is 9.59 Å². The Morgan fingerprint density at radius 2 is 2.08 bits per heavy atom. The van der Waals surface area contributed by atoms with E-state index >= 15 is 0 Å². The average molecular weight is 349 g/mol. The number of hydrogen-bond donors (Lipinski definition) is 1. The predicted octanol–water partition coefficient (Wildman–Crippen LogP) is 2.82. The first-order chi connectivity index (χ1) is 11.6. The van der Waals surface area contributed by atoms with Crippen LogP contribution in [0.2, 0.25) is 0 Å². The standard InChI is InChI=1S/C17H23N3O3S/c1-11-3-4-14-12(9-11)10-15(24-14)16(21)19-18-13-5-7-20(8-6-13)17(22)23-2/h10-11H,3-9H2,1-2H3,(H,19,21)/t11-/m0/s1. The third-order valence-corrected chi connectivity index (χ3v) is 5.88. The number of amides is 2. The molecular weight excluding hydrogens is 326 g/mol. The molecule has 1 aromatic rings. The van der Waals surface area contributed by atoms with Gasteiger partial charge in [0.2, 0.25) is 0 Å². The number of hydrogen-bond acceptors (Lipinski definition) is 5. The summed E-state index contributed by atoms with van der Waals surface area (Å²) in [4.78, 5) is 27.5. The number of ether oxygens (including phenoxy) is 1. The number of carbonyl (C=O) groups excluding carboxylic acids is 2. The Morgan fingerprint density at radius 1 is 1.33 bits per heavy atom. The van der Waals surface area contributed by atoms with Crippen molar-refractivity contribution in [2.24, 2.45) is 11.0 Å². The van der Waals surface area contributed by atoms with Crippen LogP contribution in [-0.2, 0) is 17.6 Å². The Morgan fingerprint density at radius 3 is 2.79 bits per heavy atom. The molecule has 1 saturated heterocycles. The molecule has 0 unspecified atom stereocenters. The van der Waals surface area contributed by atoms with Gasteiger partial charge in [0.1, 0.15) is 0 Å². The molecule has 130 valence electrons. The van der Waals surface area contributed by atoms with E-state index in [1.807, 2.05) is 6.07 Å². The second-order valence-electron chi connectivity index (χ2n) is 6.48. The van der Waals surface area contributed by atoms with Crippen LogP contribution < -0.4 is 5.43 Å². The zero-order valence-electron chi connectivity index (χ0n) is 14.1. The predicted molar refractivity (Wildman–Crippen MR) is 93.6 cm³/mol. The number of fused-ring (bicyclic) bond motifs is 1. The number of carbonyl (C=O) groups is 2. The minimum absolute atomic E-state index is 0.134. The number of hydrazone groups is 1. The topological polar surface area (TPSA) is 71.0 Å². The van der Waals surface area contributed by atoms with Crippen molar-refractivity contribution >= 4 is 29.0 Å². The van der Waals surface area contributed by atoms with Crippen molar-refractivity contribution in [3.63, 3.8) is 0 Å². The van der Waals surface area contributed by atoms with E-state index in [0.717, 1.165) is 23.4 Å². The van der Waals surface area contributed by atoms with E-state index in [1.54, 1.807) is 16.2 Å². The van der Waals surface area contributed by atoms with Gasteiger partial charge in [0.15, 0.2) is 0 Å². The molecule has 2 amide bonds. The number of methoxy groups -OCH3 is 1. The summed E-state index contributed by atoms with van der Waals surface area (Å²) in [6.07, 6.45) is 4.36. The molecule has 1 aliphatic heterocycles. The van der Waals surface area contributed by atoms with Crippen molar-refractivity contribution in [2.75, 3.05) is 20.2 Å². The summed E-state index contributed by atoms with van der Waals surface area (Å²) in [6, 6.07) is 2.02. The van der Waals surface area contributed by atoms with Crippen LogP contribution in [0.25, 0.3) is 0 Å². The molecule has 0 bridgehead atoms. The van der Waals surface area contributed by atoms with E-state index in [-0.39, 0.29) is 12.0 Å². The van der Waals surface area contributed by atoms with E-state index in [2.05, 4.69) is 17.5 Å². The molecule has 24 heavy (non-hydrogen) atoms. The molecule has 3 rings (SSSR count). The molecular formula is C17H23N3O3S. The van der Waals surface area contributed by atoms with Crippen LogP contribution in [0.1, 0.15) is 46.3 Å². The van der Waals surface area contributed by atoms with Gasteiger partial charge in [0.25, 0.3) is 5.91 Å². The SMILES string of the molecule is COC(=O)N1CCC(=NNC(=O)c2cc3c(s2)CC[C@H](C)C3)CC1. The van der Waals surface area contributed by atoms with Gasteiger partial charge in [-0.25, -0.2) is 10.2 Å². The fraction of sp³-hybridized carbons (Fsp3) is 0.588. The third-order valence-electron chi connectivity index (χ3n) is 4.64. The van der Waals surface area contributed by atoms with Crippen molar-refractivity contribution in [1.29, 1.82) is 0 Å². The number of thiophene rings is 1. The van der Waals surface area contributed by atoms with E-state index in [1.165, 1.54) is 24.0 Å². The van der Waals surface area contributed by atoms with Crippen molar-refractivity contribution in [1.82, 2.24) is 10.3 Å². The Hall–Kier alpha value is -1.89. The second kappa shape index (κ2) is 7.34. The lowest BCUT2D eigenvalue weighted by Gasteiger charge is -2.26. The minimum atomic E-state index is -0.309. The van der Waals surface area contributed by atoms with Gasteiger partial charge in [0.05, 0.1) is 12.0 Å². The number of piperidine rings is 1. The summed E-state index contributed by atoms with van der Waals surface area (Å²) in [5, 5.41) is 4.25. The maximum absolute atomic E-state index is 12.3. The fourth-order valence-electron chi connectivity index (χ4n) is 3.19. The maximum Gasteiger partial charge on any atom is 0.409 e. The second-order valence-corrected chi connectivity index (χ2v) is 7.62. The summed E-state index contributed by atoms with van der Waals surface area (Å²) in [6.45, 7) is 3.41. The molecule has 1 atom stereocenters. The third kappa shape index (κ3) is 3.77. The lowest BCUT2D eigenvalue weighted by atomic mass is 9.90. The molecule has 7 heteroatoms. The van der Waals surface area contributed by atoms with Crippen molar-refractivity contribution < 1.29 is 14.3 Å². The number of aryl methyl sites for hydroxylation is 1. The van der Waals surface area contributed by atoms with Gasteiger partial charge >= 0.3 is 6.09 Å². The highest BCUT2D eigenvalue weighted by molar-refractivity contribution is 7.14. The summed E-state index contributed by atoms with van der Waals surface area (Å²) < 4.78 is 4.71. The molecule has 6 nitrogen and oxygen atoms in total. The first kappa shape index (κ1) is 17.0. The van der Waals surface area contributed by atoms with Crippen LogP contribution >= 0.6 is 11.3 Å². The Bertz CT molecular complexity index is 658. The lowest BCUT2D eigenvalue weighted by molar-refractivity contribution is 0.0957. The summed E-state index contributed by atoms with van der Waals surface area (Å²) >= 11 is 1.59. The van der Waals surface area contributed by atoms with Gasteiger partial charge in [-0.15, -0.1) is 11.3 Å². The van der Waals surface area contributed by atoms with Crippen LogP contribution in [0.4, 0.5) is 4.79 Å². The zero-order valence-corrected chi connectivity index (χ0v) is 14.9. The molecule has 0 aromatic carbocycles. The molecule has 2 heterocycles. The van der Waals surface area contributed by atoms with Crippen molar-refractivity contribution in [3.8, 4) is 0 Å². The van der Waals surface area contributed by atoms with Gasteiger partial charge in [-0.1, -0.05) is 6.92 Å². The largest absolute Gasteiger partial charge is 0.453 e. The van der Waals surface area contributed by atoms with Crippen LogP contribution in [0.15, 0.2) is 11.2 Å². The number of rotatable bonds is 2. The van der Waals surface area contributed by atoms with Gasteiger partial charge in [-0.2, -0.15) is 5.10 Å². The summed E-state index contributed by atoms with van der Waals surface area (Å²) in [5.74, 6) is 0.563. The van der Waals surface area contributed by atoms with Gasteiger partial charge < -0.3 is 9.64 Å². The summed E-state index contributed by atoms with van der Waals surface area (Å²) in [7, 11) is 1.38. The molecule has 1 aliphatic carbocycles. The van der Waals surface area contributed by atoms with Crippen LogP contribution in [-0.4, -0.2) is 42.8 Å². The number of nitrogens with one attached hydrogen (secondary N) is 1. The maximum atomic E-state index is 12.3. The van der Waals surface area contributed by atoms with E-state index in [4.69, 9.17) is 4.74 Å². The molecule has 0 spiro atoms. The highest BCUT2D eigenvalue weighted by atomic mass is 32.1. The molecule has 0 saturated carbocycles. The Labute approximate surface area is 145 Å². The summed E-state index contributed by atoms with van der Waals surface area (Å²) in [5.41, 5.74) is 4.91.